The smallest absolute Gasteiger partial charge is 0.239 e. The number of carbonyl (C=O) groups excluding carboxylic acids is 1. The van der Waals surface area contributed by atoms with E-state index in [1.54, 1.807) is 0 Å². The minimum absolute atomic E-state index is 0.0308. The highest BCUT2D eigenvalue weighted by Crippen LogP contribution is 2.25. The highest BCUT2D eigenvalue weighted by molar-refractivity contribution is 6.32. The number of carbonyl (C=O) groups is 1. The normalized spacial score (nSPS) is 25.2. The molecule has 1 aromatic carbocycles. The van der Waals surface area contributed by atoms with Crippen LogP contribution in [0.1, 0.15) is 25.7 Å². The van der Waals surface area contributed by atoms with Crippen molar-refractivity contribution in [3.8, 4) is 5.75 Å². The molecule has 2 fully saturated rings. The van der Waals surface area contributed by atoms with Crippen LogP contribution in [0.5, 0.6) is 5.75 Å². The van der Waals surface area contributed by atoms with Crippen LogP contribution in [0.4, 0.5) is 0 Å². The van der Waals surface area contributed by atoms with E-state index in [0.717, 1.165) is 51.1 Å². The number of halogens is 1. The second-order valence-electron chi connectivity index (χ2n) is 6.18. The van der Waals surface area contributed by atoms with Crippen LogP contribution < -0.4 is 10.1 Å². The highest BCUT2D eigenvalue weighted by atomic mass is 35.5. The molecular formula is C17H23ClN2O2. The lowest BCUT2D eigenvalue weighted by Gasteiger charge is -2.34. The quantitative estimate of drug-likeness (QED) is 0.926. The molecule has 3 rings (SSSR count). The lowest BCUT2D eigenvalue weighted by Crippen LogP contribution is -2.48. The Kier molecular flexibility index (Phi) is 5.21. The van der Waals surface area contributed by atoms with E-state index in [-0.39, 0.29) is 11.9 Å². The van der Waals surface area contributed by atoms with Crippen molar-refractivity contribution in [3.05, 3.63) is 29.3 Å². The van der Waals surface area contributed by atoms with Crippen molar-refractivity contribution in [2.24, 2.45) is 5.92 Å². The molecule has 2 saturated heterocycles. The van der Waals surface area contributed by atoms with Crippen molar-refractivity contribution in [3.63, 3.8) is 0 Å². The summed E-state index contributed by atoms with van der Waals surface area (Å²) in [7, 11) is 0. The number of rotatable bonds is 4. The predicted molar refractivity (Wildman–Crippen MR) is 87.3 cm³/mol. The Morgan fingerprint density at radius 2 is 2.18 bits per heavy atom. The van der Waals surface area contributed by atoms with Crippen molar-refractivity contribution in [2.45, 2.75) is 31.7 Å². The van der Waals surface area contributed by atoms with Gasteiger partial charge in [-0.15, -0.1) is 0 Å². The second kappa shape index (κ2) is 7.34. The van der Waals surface area contributed by atoms with Gasteiger partial charge in [-0.2, -0.15) is 0 Å². The number of hydrogen-bond acceptors (Lipinski definition) is 3. The number of benzene rings is 1. The van der Waals surface area contributed by atoms with Crippen LogP contribution in [0.25, 0.3) is 0 Å². The van der Waals surface area contributed by atoms with E-state index in [1.807, 2.05) is 29.2 Å². The molecule has 0 aromatic heterocycles. The second-order valence-corrected chi connectivity index (χ2v) is 6.59. The lowest BCUT2D eigenvalue weighted by atomic mass is 9.98. The molecule has 1 aromatic rings. The van der Waals surface area contributed by atoms with Crippen LogP contribution in [-0.4, -0.2) is 43.1 Å². The topological polar surface area (TPSA) is 41.6 Å². The fourth-order valence-corrected chi connectivity index (χ4v) is 3.48. The maximum absolute atomic E-state index is 12.5. The van der Waals surface area contributed by atoms with Gasteiger partial charge in [0.25, 0.3) is 0 Å². The molecule has 0 radical (unpaired) electrons. The Bertz CT molecular complexity index is 517. The monoisotopic (exact) mass is 322 g/mol. The Labute approximate surface area is 136 Å². The Morgan fingerprint density at radius 1 is 1.32 bits per heavy atom. The number of piperidine rings is 1. The molecule has 2 heterocycles. The van der Waals surface area contributed by atoms with Gasteiger partial charge in [-0.05, 0) is 44.4 Å². The number of hydrogen-bond donors (Lipinski definition) is 1. The molecule has 4 nitrogen and oxygen atoms in total. The van der Waals surface area contributed by atoms with Crippen molar-refractivity contribution in [1.29, 1.82) is 0 Å². The largest absolute Gasteiger partial charge is 0.492 e. The van der Waals surface area contributed by atoms with Gasteiger partial charge in [0.2, 0.25) is 5.91 Å². The molecule has 2 aliphatic rings. The third kappa shape index (κ3) is 3.73. The molecule has 22 heavy (non-hydrogen) atoms. The van der Waals surface area contributed by atoms with E-state index in [2.05, 4.69) is 5.32 Å². The van der Waals surface area contributed by atoms with Crippen LogP contribution in [0, 0.1) is 5.92 Å². The Balaban J connectivity index is 1.52. The predicted octanol–water partition coefficient (Wildman–Crippen LogP) is 2.71. The molecule has 0 spiro atoms. The van der Waals surface area contributed by atoms with Gasteiger partial charge in [0.1, 0.15) is 5.75 Å². The van der Waals surface area contributed by atoms with Gasteiger partial charge < -0.3 is 15.0 Å². The zero-order chi connectivity index (χ0) is 15.4. The minimum Gasteiger partial charge on any atom is -0.492 e. The number of nitrogens with zero attached hydrogens (tertiary/aromatic N) is 1. The molecule has 1 amide bonds. The summed E-state index contributed by atoms with van der Waals surface area (Å²) >= 11 is 6.11. The highest BCUT2D eigenvalue weighted by Gasteiger charge is 2.30. The lowest BCUT2D eigenvalue weighted by molar-refractivity contribution is -0.135. The summed E-state index contributed by atoms with van der Waals surface area (Å²) in [6.45, 7) is 3.25. The van der Waals surface area contributed by atoms with Crippen LogP contribution in [0.15, 0.2) is 24.3 Å². The van der Waals surface area contributed by atoms with Gasteiger partial charge in [-0.3, -0.25) is 4.79 Å². The summed E-state index contributed by atoms with van der Waals surface area (Å²) in [5.74, 6) is 1.38. The SMILES string of the molecule is O=C([C@@H]1CCCN1)N1CCC[C@@H](COc2ccccc2Cl)C1. The zero-order valence-corrected chi connectivity index (χ0v) is 13.5. The molecule has 0 saturated carbocycles. The third-order valence-corrected chi connectivity index (χ3v) is 4.81. The maximum atomic E-state index is 12.5. The summed E-state index contributed by atoms with van der Waals surface area (Å²) < 4.78 is 5.84. The molecule has 0 unspecified atom stereocenters. The van der Waals surface area contributed by atoms with Crippen LogP contribution >= 0.6 is 11.6 Å². The molecule has 2 atom stereocenters. The molecule has 0 aliphatic carbocycles. The minimum atomic E-state index is 0.0308. The van der Waals surface area contributed by atoms with Gasteiger partial charge in [0, 0.05) is 19.0 Å². The van der Waals surface area contributed by atoms with E-state index in [9.17, 15) is 4.79 Å². The Morgan fingerprint density at radius 3 is 2.95 bits per heavy atom. The molecule has 120 valence electrons. The molecule has 1 N–H and O–H groups in total. The van der Waals surface area contributed by atoms with E-state index >= 15 is 0 Å². The van der Waals surface area contributed by atoms with E-state index in [1.165, 1.54) is 0 Å². The van der Waals surface area contributed by atoms with Crippen molar-refractivity contribution >= 4 is 17.5 Å². The number of ether oxygens (including phenoxy) is 1. The fraction of sp³-hybridized carbons (Fsp3) is 0.588. The van der Waals surface area contributed by atoms with Gasteiger partial charge >= 0.3 is 0 Å². The first kappa shape index (κ1) is 15.6. The first-order valence-electron chi connectivity index (χ1n) is 8.13. The average molecular weight is 323 g/mol. The van der Waals surface area contributed by atoms with Crippen molar-refractivity contribution < 1.29 is 9.53 Å². The number of nitrogens with one attached hydrogen (secondary N) is 1. The first-order chi connectivity index (χ1) is 10.7. The zero-order valence-electron chi connectivity index (χ0n) is 12.8. The molecule has 5 heteroatoms. The summed E-state index contributed by atoms with van der Waals surface area (Å²) in [5, 5.41) is 3.93. The van der Waals surface area contributed by atoms with Gasteiger partial charge in [0.05, 0.1) is 17.7 Å². The van der Waals surface area contributed by atoms with Crippen LogP contribution in [0.3, 0.4) is 0 Å². The van der Waals surface area contributed by atoms with E-state index in [0.29, 0.717) is 17.5 Å². The number of amides is 1. The molecule has 0 bridgehead atoms. The van der Waals surface area contributed by atoms with E-state index in [4.69, 9.17) is 16.3 Å². The molecule has 2 aliphatic heterocycles. The van der Waals surface area contributed by atoms with Crippen molar-refractivity contribution in [2.75, 3.05) is 26.2 Å². The molecular weight excluding hydrogens is 300 g/mol. The first-order valence-corrected chi connectivity index (χ1v) is 8.51. The van der Waals surface area contributed by atoms with Crippen LogP contribution in [0.2, 0.25) is 5.02 Å². The third-order valence-electron chi connectivity index (χ3n) is 4.50. The maximum Gasteiger partial charge on any atom is 0.239 e. The summed E-state index contributed by atoms with van der Waals surface area (Å²) in [5.41, 5.74) is 0. The Hall–Kier alpha value is -1.26. The van der Waals surface area contributed by atoms with Gasteiger partial charge in [0.15, 0.2) is 0 Å². The van der Waals surface area contributed by atoms with E-state index < -0.39 is 0 Å². The van der Waals surface area contributed by atoms with Crippen LogP contribution in [-0.2, 0) is 4.79 Å². The summed E-state index contributed by atoms with van der Waals surface area (Å²) in [6, 6.07) is 7.56. The number of likely N-dealkylation sites (tertiary alicyclic amines) is 1. The summed E-state index contributed by atoms with van der Waals surface area (Å²) in [6.07, 6.45) is 4.22. The standard InChI is InChI=1S/C17H23ClN2O2/c18-14-6-1-2-8-16(14)22-12-13-5-4-10-20(11-13)17(21)15-7-3-9-19-15/h1-2,6,8,13,15,19H,3-5,7,9-12H2/t13-,15+/m1/s1. The number of para-hydroxylation sites is 1. The average Bonchev–Trinajstić information content (AvgIpc) is 3.08. The van der Waals surface area contributed by atoms with Crippen molar-refractivity contribution in [1.82, 2.24) is 10.2 Å². The van der Waals surface area contributed by atoms with Gasteiger partial charge in [-0.25, -0.2) is 0 Å². The summed E-state index contributed by atoms with van der Waals surface area (Å²) in [4.78, 5) is 14.5. The fourth-order valence-electron chi connectivity index (χ4n) is 3.29. The van der Waals surface area contributed by atoms with Gasteiger partial charge in [-0.1, -0.05) is 23.7 Å².